The normalized spacial score (nSPS) is 18.9. The third-order valence-electron chi connectivity index (χ3n) is 4.68. The van der Waals surface area contributed by atoms with E-state index in [2.05, 4.69) is 21.2 Å². The molecule has 1 saturated heterocycles. The monoisotopic (exact) mass is 465 g/mol. The third kappa shape index (κ3) is 3.90. The minimum Gasteiger partial charge on any atom is -0.497 e. The molecule has 4 amide bonds. The summed E-state index contributed by atoms with van der Waals surface area (Å²) in [5, 5.41) is 2.70. The molecule has 0 aliphatic carbocycles. The molecule has 0 spiro atoms. The minimum atomic E-state index is -1.22. The molecule has 9 heteroatoms. The van der Waals surface area contributed by atoms with Crippen molar-refractivity contribution in [3.63, 3.8) is 0 Å². The van der Waals surface area contributed by atoms with Gasteiger partial charge in [0.15, 0.2) is 0 Å². The number of nitrogens with one attached hydrogen (secondary N) is 1. The summed E-state index contributed by atoms with van der Waals surface area (Å²) in [6.45, 7) is 1.74. The van der Waals surface area contributed by atoms with Crippen molar-refractivity contribution in [2.75, 3.05) is 20.7 Å². The Bertz CT molecular complexity index is 914. The average Bonchev–Trinajstić information content (AvgIpc) is 3.18. The van der Waals surface area contributed by atoms with Crippen LogP contribution in [0.1, 0.15) is 17.4 Å². The van der Waals surface area contributed by atoms with E-state index < -0.39 is 17.5 Å². The summed E-state index contributed by atoms with van der Waals surface area (Å²) in [6, 6.07) is 10.2. The highest BCUT2D eigenvalue weighted by molar-refractivity contribution is 9.11. The van der Waals surface area contributed by atoms with Gasteiger partial charge in [0.25, 0.3) is 5.91 Å². The highest BCUT2D eigenvalue weighted by atomic mass is 79.9. The average molecular weight is 466 g/mol. The number of hydrogen-bond acceptors (Lipinski definition) is 5. The molecule has 3 rings (SSSR count). The van der Waals surface area contributed by atoms with E-state index in [4.69, 9.17) is 4.74 Å². The molecule has 0 bridgehead atoms. The van der Waals surface area contributed by atoms with Crippen molar-refractivity contribution in [1.82, 2.24) is 15.1 Å². The fraction of sp³-hybridized carbons (Fsp3) is 0.316. The van der Waals surface area contributed by atoms with Crippen LogP contribution >= 0.6 is 27.3 Å². The maximum Gasteiger partial charge on any atom is 0.325 e. The SMILES string of the molecule is COc1ccc(C2(C)NC(=O)N(CC(=O)N(C)Cc3ccc(Br)s3)C2=O)cc1. The standard InChI is InChI=1S/C19H20BrN3O4S/c1-19(12-4-6-13(27-3)7-5-12)17(25)23(18(26)21-19)11-16(24)22(2)10-14-8-9-15(20)28-14/h4-9H,10-11H2,1-3H3,(H,21,26). The lowest BCUT2D eigenvalue weighted by molar-refractivity contribution is -0.138. The fourth-order valence-electron chi connectivity index (χ4n) is 2.98. The number of amides is 4. The summed E-state index contributed by atoms with van der Waals surface area (Å²) < 4.78 is 6.11. The number of benzene rings is 1. The van der Waals surface area contributed by atoms with Gasteiger partial charge in [-0.05, 0) is 52.7 Å². The van der Waals surface area contributed by atoms with Gasteiger partial charge < -0.3 is 15.0 Å². The van der Waals surface area contributed by atoms with Crippen molar-refractivity contribution in [1.29, 1.82) is 0 Å². The summed E-state index contributed by atoms with van der Waals surface area (Å²) in [5.74, 6) is -0.117. The summed E-state index contributed by atoms with van der Waals surface area (Å²) in [4.78, 5) is 41.4. The van der Waals surface area contributed by atoms with Gasteiger partial charge in [-0.15, -0.1) is 11.3 Å². The number of imide groups is 1. The Balaban J connectivity index is 1.71. The van der Waals surface area contributed by atoms with Crippen LogP contribution in [0, 0.1) is 0 Å². The quantitative estimate of drug-likeness (QED) is 0.665. The van der Waals surface area contributed by atoms with Gasteiger partial charge in [0.05, 0.1) is 17.4 Å². The Morgan fingerprint density at radius 2 is 1.93 bits per heavy atom. The number of carbonyl (C=O) groups excluding carboxylic acids is 3. The van der Waals surface area contributed by atoms with Gasteiger partial charge in [0, 0.05) is 11.9 Å². The van der Waals surface area contributed by atoms with Gasteiger partial charge in [0.2, 0.25) is 5.91 Å². The molecule has 0 radical (unpaired) electrons. The third-order valence-corrected chi connectivity index (χ3v) is 6.29. The predicted molar refractivity (Wildman–Crippen MR) is 109 cm³/mol. The number of nitrogens with zero attached hydrogens (tertiary/aromatic N) is 2. The summed E-state index contributed by atoms with van der Waals surface area (Å²) in [7, 11) is 3.20. The lowest BCUT2D eigenvalue weighted by Crippen LogP contribution is -2.43. The first kappa shape index (κ1) is 20.3. The van der Waals surface area contributed by atoms with Crippen LogP contribution in [0.15, 0.2) is 40.2 Å². The first-order chi connectivity index (χ1) is 13.2. The Labute approximate surface area is 175 Å². The number of likely N-dealkylation sites (N-methyl/N-ethyl adjacent to an activating group) is 1. The van der Waals surface area contributed by atoms with Gasteiger partial charge in [0.1, 0.15) is 17.8 Å². The van der Waals surface area contributed by atoms with Crippen LogP contribution in [0.3, 0.4) is 0 Å². The van der Waals surface area contributed by atoms with Crippen molar-refractivity contribution in [3.8, 4) is 5.75 Å². The molecule has 1 N–H and O–H groups in total. The van der Waals surface area contributed by atoms with Crippen molar-refractivity contribution < 1.29 is 19.1 Å². The second kappa shape index (κ2) is 7.92. The van der Waals surface area contributed by atoms with E-state index in [-0.39, 0.29) is 12.5 Å². The van der Waals surface area contributed by atoms with Crippen LogP contribution < -0.4 is 10.1 Å². The Hall–Kier alpha value is -2.39. The molecule has 1 unspecified atom stereocenters. The van der Waals surface area contributed by atoms with Crippen LogP contribution in [0.25, 0.3) is 0 Å². The molecule has 7 nitrogen and oxygen atoms in total. The predicted octanol–water partition coefficient (Wildman–Crippen LogP) is 2.94. The highest BCUT2D eigenvalue weighted by Crippen LogP contribution is 2.30. The van der Waals surface area contributed by atoms with Crippen LogP contribution in [-0.4, -0.2) is 48.3 Å². The molecule has 1 aromatic carbocycles. The van der Waals surface area contributed by atoms with Gasteiger partial charge in [-0.25, -0.2) is 4.79 Å². The maximum absolute atomic E-state index is 12.9. The molecular weight excluding hydrogens is 446 g/mol. The Morgan fingerprint density at radius 1 is 1.25 bits per heavy atom. The van der Waals surface area contributed by atoms with Gasteiger partial charge >= 0.3 is 6.03 Å². The van der Waals surface area contributed by atoms with E-state index in [1.165, 1.54) is 16.2 Å². The zero-order valence-electron chi connectivity index (χ0n) is 15.7. The zero-order chi connectivity index (χ0) is 20.5. The molecule has 1 aromatic heterocycles. The lowest BCUT2D eigenvalue weighted by Gasteiger charge is -2.23. The van der Waals surface area contributed by atoms with E-state index >= 15 is 0 Å². The number of halogens is 1. The van der Waals surface area contributed by atoms with Crippen LogP contribution in [0.2, 0.25) is 0 Å². The van der Waals surface area contributed by atoms with Crippen molar-refractivity contribution in [3.05, 3.63) is 50.6 Å². The second-order valence-electron chi connectivity index (χ2n) is 6.63. The summed E-state index contributed by atoms with van der Waals surface area (Å²) in [6.07, 6.45) is 0. The summed E-state index contributed by atoms with van der Waals surface area (Å²) in [5.41, 5.74) is -0.598. The fourth-order valence-corrected chi connectivity index (χ4v) is 4.51. The first-order valence-electron chi connectivity index (χ1n) is 8.51. The van der Waals surface area contributed by atoms with Gasteiger partial charge in [-0.2, -0.15) is 0 Å². The molecule has 2 aromatic rings. The van der Waals surface area contributed by atoms with E-state index in [0.29, 0.717) is 17.9 Å². The molecule has 148 valence electrons. The lowest BCUT2D eigenvalue weighted by atomic mass is 9.92. The van der Waals surface area contributed by atoms with Crippen LogP contribution in [0.4, 0.5) is 4.79 Å². The highest BCUT2D eigenvalue weighted by Gasteiger charge is 2.49. The van der Waals surface area contributed by atoms with E-state index in [0.717, 1.165) is 13.6 Å². The largest absolute Gasteiger partial charge is 0.497 e. The first-order valence-corrected chi connectivity index (χ1v) is 10.1. The van der Waals surface area contributed by atoms with E-state index in [1.54, 1.807) is 45.3 Å². The number of urea groups is 1. The van der Waals surface area contributed by atoms with Gasteiger partial charge in [-0.1, -0.05) is 12.1 Å². The molecule has 1 aliphatic heterocycles. The summed E-state index contributed by atoms with van der Waals surface area (Å²) >= 11 is 4.92. The van der Waals surface area contributed by atoms with Crippen LogP contribution in [-0.2, 0) is 21.7 Å². The zero-order valence-corrected chi connectivity index (χ0v) is 18.1. The van der Waals surface area contributed by atoms with E-state index in [9.17, 15) is 14.4 Å². The number of carbonyl (C=O) groups is 3. The molecule has 1 aliphatic rings. The second-order valence-corrected chi connectivity index (χ2v) is 9.18. The minimum absolute atomic E-state index is 0.306. The number of methoxy groups -OCH3 is 1. The van der Waals surface area contributed by atoms with Crippen molar-refractivity contribution >= 4 is 45.1 Å². The molecule has 2 heterocycles. The van der Waals surface area contributed by atoms with Crippen molar-refractivity contribution in [2.45, 2.75) is 19.0 Å². The maximum atomic E-state index is 12.9. The number of ether oxygens (including phenoxy) is 1. The molecule has 1 atom stereocenters. The molecule has 28 heavy (non-hydrogen) atoms. The van der Waals surface area contributed by atoms with Crippen LogP contribution in [0.5, 0.6) is 5.75 Å². The Kier molecular flexibility index (Phi) is 5.76. The van der Waals surface area contributed by atoms with Crippen molar-refractivity contribution in [2.24, 2.45) is 0 Å². The topological polar surface area (TPSA) is 79.0 Å². The van der Waals surface area contributed by atoms with E-state index in [1.807, 2.05) is 12.1 Å². The van der Waals surface area contributed by atoms with Gasteiger partial charge in [-0.3, -0.25) is 14.5 Å². The number of hydrogen-bond donors (Lipinski definition) is 1. The molecule has 0 saturated carbocycles. The smallest absolute Gasteiger partial charge is 0.325 e. The number of thiophene rings is 1. The Morgan fingerprint density at radius 3 is 2.50 bits per heavy atom. The number of rotatable bonds is 6. The molecular formula is C19H20BrN3O4S. The molecule has 1 fully saturated rings.